The predicted octanol–water partition coefficient (Wildman–Crippen LogP) is 3.43. The average Bonchev–Trinajstić information content (AvgIpc) is 3.00. The van der Waals surface area contributed by atoms with E-state index in [9.17, 15) is 5.11 Å². The molecule has 0 saturated carbocycles. The fourth-order valence-corrected chi connectivity index (χ4v) is 2.05. The van der Waals surface area contributed by atoms with Crippen molar-refractivity contribution in [3.8, 4) is 34.3 Å². The summed E-state index contributed by atoms with van der Waals surface area (Å²) in [6.07, 6.45) is 0. The van der Waals surface area contributed by atoms with Crippen LogP contribution in [-0.4, -0.2) is 22.4 Å². The Kier molecular flexibility index (Phi) is 3.31. The van der Waals surface area contributed by atoms with E-state index < -0.39 is 0 Å². The van der Waals surface area contributed by atoms with Crippen molar-refractivity contribution in [1.29, 1.82) is 0 Å². The van der Waals surface area contributed by atoms with E-state index >= 15 is 0 Å². The second-order valence-electron chi connectivity index (χ2n) is 4.60. The number of aromatic nitrogens is 2. The Labute approximate surface area is 121 Å². The SMILES string of the molecule is COc1ccc(-c2noc(-c3cccc(O)c3C)n2)cc1. The van der Waals surface area contributed by atoms with Gasteiger partial charge < -0.3 is 14.4 Å². The lowest BCUT2D eigenvalue weighted by Crippen LogP contribution is -1.85. The molecule has 1 aromatic heterocycles. The van der Waals surface area contributed by atoms with Gasteiger partial charge in [0.05, 0.1) is 7.11 Å². The van der Waals surface area contributed by atoms with E-state index in [0.717, 1.165) is 16.9 Å². The van der Waals surface area contributed by atoms with Gasteiger partial charge in [-0.05, 0) is 43.3 Å². The number of hydrogen-bond donors (Lipinski definition) is 1. The Morgan fingerprint density at radius 1 is 1.10 bits per heavy atom. The highest BCUT2D eigenvalue weighted by Crippen LogP contribution is 2.29. The summed E-state index contributed by atoms with van der Waals surface area (Å²) in [5, 5.41) is 13.7. The molecular weight excluding hydrogens is 268 g/mol. The minimum absolute atomic E-state index is 0.205. The number of phenolic OH excluding ortho intramolecular Hbond substituents is 1. The number of aromatic hydroxyl groups is 1. The summed E-state index contributed by atoms with van der Waals surface area (Å²) < 4.78 is 10.4. The first-order valence-electron chi connectivity index (χ1n) is 6.46. The van der Waals surface area contributed by atoms with Gasteiger partial charge in [0, 0.05) is 16.7 Å². The minimum Gasteiger partial charge on any atom is -0.508 e. The molecule has 1 N–H and O–H groups in total. The lowest BCUT2D eigenvalue weighted by molar-refractivity contribution is 0.414. The van der Waals surface area contributed by atoms with Crippen LogP contribution in [0.1, 0.15) is 5.56 Å². The molecule has 1 heterocycles. The zero-order valence-electron chi connectivity index (χ0n) is 11.7. The maximum absolute atomic E-state index is 9.74. The standard InChI is InChI=1S/C16H14N2O3/c1-10-13(4-3-5-14(10)19)16-17-15(18-21-16)11-6-8-12(20-2)9-7-11/h3-9,19H,1-2H3. The van der Waals surface area contributed by atoms with E-state index in [1.807, 2.05) is 37.3 Å². The fourth-order valence-electron chi connectivity index (χ4n) is 2.05. The van der Waals surface area contributed by atoms with Crippen LogP contribution in [0.5, 0.6) is 11.5 Å². The number of benzene rings is 2. The van der Waals surface area contributed by atoms with E-state index in [4.69, 9.17) is 9.26 Å². The Morgan fingerprint density at radius 2 is 1.86 bits per heavy atom. The average molecular weight is 282 g/mol. The molecule has 5 heteroatoms. The van der Waals surface area contributed by atoms with Gasteiger partial charge in [-0.15, -0.1) is 0 Å². The molecule has 0 unspecified atom stereocenters. The van der Waals surface area contributed by atoms with Crippen LogP contribution in [0.15, 0.2) is 47.0 Å². The highest BCUT2D eigenvalue weighted by Gasteiger charge is 2.14. The van der Waals surface area contributed by atoms with Crippen molar-refractivity contribution in [1.82, 2.24) is 10.1 Å². The van der Waals surface area contributed by atoms with Gasteiger partial charge in [-0.25, -0.2) is 0 Å². The van der Waals surface area contributed by atoms with Crippen LogP contribution < -0.4 is 4.74 Å². The number of phenols is 1. The summed E-state index contributed by atoms with van der Waals surface area (Å²) >= 11 is 0. The van der Waals surface area contributed by atoms with Crippen LogP contribution in [0.4, 0.5) is 0 Å². The lowest BCUT2D eigenvalue weighted by atomic mass is 10.1. The Morgan fingerprint density at radius 3 is 2.57 bits per heavy atom. The van der Waals surface area contributed by atoms with Crippen molar-refractivity contribution >= 4 is 0 Å². The number of ether oxygens (including phenoxy) is 1. The third-order valence-electron chi connectivity index (χ3n) is 3.31. The van der Waals surface area contributed by atoms with E-state index in [-0.39, 0.29) is 5.75 Å². The largest absolute Gasteiger partial charge is 0.508 e. The molecule has 0 spiro atoms. The quantitative estimate of drug-likeness (QED) is 0.797. The van der Waals surface area contributed by atoms with Crippen LogP contribution >= 0.6 is 0 Å². The van der Waals surface area contributed by atoms with E-state index in [1.165, 1.54) is 0 Å². The zero-order chi connectivity index (χ0) is 14.8. The topological polar surface area (TPSA) is 68.4 Å². The van der Waals surface area contributed by atoms with Gasteiger partial charge in [-0.3, -0.25) is 0 Å². The van der Waals surface area contributed by atoms with Crippen molar-refractivity contribution in [2.45, 2.75) is 6.92 Å². The van der Waals surface area contributed by atoms with Gasteiger partial charge in [0.2, 0.25) is 5.82 Å². The molecule has 106 valence electrons. The highest BCUT2D eigenvalue weighted by molar-refractivity contribution is 5.65. The molecule has 5 nitrogen and oxygen atoms in total. The number of hydrogen-bond acceptors (Lipinski definition) is 5. The molecule has 0 atom stereocenters. The smallest absolute Gasteiger partial charge is 0.258 e. The molecule has 0 radical (unpaired) electrons. The minimum atomic E-state index is 0.205. The zero-order valence-corrected chi connectivity index (χ0v) is 11.7. The first-order valence-corrected chi connectivity index (χ1v) is 6.46. The highest BCUT2D eigenvalue weighted by atomic mass is 16.5. The summed E-state index contributed by atoms with van der Waals surface area (Å²) in [6, 6.07) is 12.6. The maximum atomic E-state index is 9.74. The number of rotatable bonds is 3. The number of methoxy groups -OCH3 is 1. The summed E-state index contributed by atoms with van der Waals surface area (Å²) in [7, 11) is 1.62. The van der Waals surface area contributed by atoms with E-state index in [1.54, 1.807) is 19.2 Å². The van der Waals surface area contributed by atoms with Gasteiger partial charge in [0.15, 0.2) is 0 Å². The van der Waals surface area contributed by atoms with Gasteiger partial charge in [-0.1, -0.05) is 11.2 Å². The maximum Gasteiger partial charge on any atom is 0.258 e. The lowest BCUT2D eigenvalue weighted by Gasteiger charge is -2.02. The third kappa shape index (κ3) is 2.45. The summed E-state index contributed by atoms with van der Waals surface area (Å²) in [5.41, 5.74) is 2.27. The third-order valence-corrected chi connectivity index (χ3v) is 3.31. The second-order valence-corrected chi connectivity index (χ2v) is 4.60. The Hall–Kier alpha value is -2.82. The molecular formula is C16H14N2O3. The van der Waals surface area contributed by atoms with Crippen molar-refractivity contribution in [3.05, 3.63) is 48.0 Å². The van der Waals surface area contributed by atoms with E-state index in [2.05, 4.69) is 10.1 Å². The molecule has 0 fully saturated rings. The summed E-state index contributed by atoms with van der Waals surface area (Å²) in [6.45, 7) is 1.81. The van der Waals surface area contributed by atoms with Crippen molar-refractivity contribution in [2.24, 2.45) is 0 Å². The molecule has 0 aliphatic heterocycles. The monoisotopic (exact) mass is 282 g/mol. The van der Waals surface area contributed by atoms with Gasteiger partial charge in [0.25, 0.3) is 5.89 Å². The molecule has 21 heavy (non-hydrogen) atoms. The van der Waals surface area contributed by atoms with Crippen molar-refractivity contribution in [3.63, 3.8) is 0 Å². The molecule has 0 saturated heterocycles. The molecule has 3 rings (SSSR count). The summed E-state index contributed by atoms with van der Waals surface area (Å²) in [5.74, 6) is 1.85. The van der Waals surface area contributed by atoms with Crippen LogP contribution in [0.25, 0.3) is 22.8 Å². The van der Waals surface area contributed by atoms with Gasteiger partial charge in [-0.2, -0.15) is 4.98 Å². The van der Waals surface area contributed by atoms with E-state index in [0.29, 0.717) is 17.3 Å². The fraction of sp³-hybridized carbons (Fsp3) is 0.125. The van der Waals surface area contributed by atoms with Crippen LogP contribution in [-0.2, 0) is 0 Å². The molecule has 0 aliphatic rings. The van der Waals surface area contributed by atoms with Crippen molar-refractivity contribution in [2.75, 3.05) is 7.11 Å². The first-order chi connectivity index (χ1) is 10.2. The Bertz CT molecular complexity index is 763. The van der Waals surface area contributed by atoms with Crippen LogP contribution in [0.3, 0.4) is 0 Å². The second kappa shape index (κ2) is 5.28. The Balaban J connectivity index is 1.97. The van der Waals surface area contributed by atoms with Gasteiger partial charge in [0.1, 0.15) is 11.5 Å². The van der Waals surface area contributed by atoms with Crippen LogP contribution in [0, 0.1) is 6.92 Å². The number of nitrogens with zero attached hydrogens (tertiary/aromatic N) is 2. The summed E-state index contributed by atoms with van der Waals surface area (Å²) in [4.78, 5) is 4.38. The van der Waals surface area contributed by atoms with Gasteiger partial charge >= 0.3 is 0 Å². The molecule has 0 aliphatic carbocycles. The van der Waals surface area contributed by atoms with Crippen molar-refractivity contribution < 1.29 is 14.4 Å². The molecule has 3 aromatic rings. The molecule has 0 amide bonds. The van der Waals surface area contributed by atoms with Crippen LogP contribution in [0.2, 0.25) is 0 Å². The first kappa shape index (κ1) is 13.2. The predicted molar refractivity (Wildman–Crippen MR) is 78.1 cm³/mol. The normalized spacial score (nSPS) is 10.6. The molecule has 2 aromatic carbocycles. The molecule has 0 bridgehead atoms.